The fourth-order valence-corrected chi connectivity index (χ4v) is 4.80. The van der Waals surface area contributed by atoms with E-state index in [1.165, 1.54) is 12.1 Å². The van der Waals surface area contributed by atoms with E-state index >= 15 is 0 Å². The van der Waals surface area contributed by atoms with E-state index < -0.39 is 0 Å². The Labute approximate surface area is 194 Å². The van der Waals surface area contributed by atoms with Gasteiger partial charge in [0.1, 0.15) is 17.9 Å². The van der Waals surface area contributed by atoms with Gasteiger partial charge in [0.15, 0.2) is 11.5 Å². The number of ether oxygens (including phenoxy) is 1. The summed E-state index contributed by atoms with van der Waals surface area (Å²) in [4.78, 5) is 9.47. The van der Waals surface area contributed by atoms with Gasteiger partial charge in [-0.05, 0) is 46.7 Å². The standard InChI is InChI=1S/C28H17FN4O/c29-20-13-10-19(11-14-20)26-31-27-25-23(18-7-2-1-3-8-18)24-21-9-5-4-6-17(21)12-15-22(24)34-28(25)30-16-33(27)32-26/h1-16,23H/t23-/m1/s1. The number of benzene rings is 4. The summed E-state index contributed by atoms with van der Waals surface area (Å²) in [6.07, 6.45) is 1.61. The van der Waals surface area contributed by atoms with E-state index in [4.69, 9.17) is 9.72 Å². The molecule has 1 aliphatic rings. The van der Waals surface area contributed by atoms with Gasteiger partial charge < -0.3 is 4.74 Å². The van der Waals surface area contributed by atoms with Crippen LogP contribution in [0, 0.1) is 5.82 Å². The number of fused-ring (bicyclic) bond motifs is 6. The Morgan fingerprint density at radius 1 is 0.794 bits per heavy atom. The minimum Gasteiger partial charge on any atom is -0.438 e. The number of hydrogen-bond donors (Lipinski definition) is 0. The Morgan fingerprint density at radius 2 is 1.59 bits per heavy atom. The zero-order valence-corrected chi connectivity index (χ0v) is 17.9. The van der Waals surface area contributed by atoms with E-state index in [2.05, 4.69) is 40.4 Å². The molecule has 1 aliphatic heterocycles. The van der Waals surface area contributed by atoms with Gasteiger partial charge in [-0.25, -0.2) is 18.9 Å². The fourth-order valence-electron chi connectivity index (χ4n) is 4.80. The first kappa shape index (κ1) is 18.9. The molecule has 1 atom stereocenters. The van der Waals surface area contributed by atoms with Gasteiger partial charge in [-0.3, -0.25) is 0 Å². The molecule has 0 radical (unpaired) electrons. The van der Waals surface area contributed by atoms with E-state index in [1.807, 2.05) is 36.4 Å². The van der Waals surface area contributed by atoms with Gasteiger partial charge in [0.05, 0.1) is 5.56 Å². The van der Waals surface area contributed by atoms with Crippen LogP contribution >= 0.6 is 0 Å². The van der Waals surface area contributed by atoms with Crippen LogP contribution in [0.5, 0.6) is 11.6 Å². The summed E-state index contributed by atoms with van der Waals surface area (Å²) in [6, 6.07) is 28.9. The summed E-state index contributed by atoms with van der Waals surface area (Å²) >= 11 is 0. The molecule has 0 fully saturated rings. The molecule has 162 valence electrons. The summed E-state index contributed by atoms with van der Waals surface area (Å²) in [5.74, 6) is 1.36. The van der Waals surface area contributed by atoms with Crippen LogP contribution in [0.1, 0.15) is 22.6 Å². The molecule has 0 saturated carbocycles. The molecule has 0 saturated heterocycles. The summed E-state index contributed by atoms with van der Waals surface area (Å²) < 4.78 is 21.5. The van der Waals surface area contributed by atoms with Gasteiger partial charge in [-0.1, -0.05) is 60.7 Å². The first-order valence-corrected chi connectivity index (χ1v) is 11.0. The molecular weight excluding hydrogens is 427 g/mol. The summed E-state index contributed by atoms with van der Waals surface area (Å²) in [5.41, 5.74) is 4.46. The van der Waals surface area contributed by atoms with Crippen molar-refractivity contribution in [1.29, 1.82) is 0 Å². The average molecular weight is 444 g/mol. The maximum Gasteiger partial charge on any atom is 0.228 e. The summed E-state index contributed by atoms with van der Waals surface area (Å²) in [7, 11) is 0. The zero-order valence-electron chi connectivity index (χ0n) is 17.9. The number of hydrogen-bond acceptors (Lipinski definition) is 4. The van der Waals surface area contributed by atoms with Gasteiger partial charge in [0, 0.05) is 17.0 Å². The van der Waals surface area contributed by atoms with Crippen LogP contribution in [-0.4, -0.2) is 19.6 Å². The molecule has 34 heavy (non-hydrogen) atoms. The molecule has 4 aromatic carbocycles. The van der Waals surface area contributed by atoms with Crippen molar-refractivity contribution in [3.63, 3.8) is 0 Å². The largest absolute Gasteiger partial charge is 0.438 e. The van der Waals surface area contributed by atoms with E-state index in [1.54, 1.807) is 23.0 Å². The normalized spacial score (nSPS) is 14.6. The number of aromatic nitrogens is 4. The molecular formula is C28H17FN4O. The second-order valence-electron chi connectivity index (χ2n) is 8.32. The van der Waals surface area contributed by atoms with E-state index in [-0.39, 0.29) is 11.7 Å². The maximum absolute atomic E-state index is 13.5. The van der Waals surface area contributed by atoms with E-state index in [0.29, 0.717) is 17.4 Å². The van der Waals surface area contributed by atoms with Crippen molar-refractivity contribution in [2.45, 2.75) is 5.92 Å². The molecule has 3 heterocycles. The molecule has 5 nitrogen and oxygen atoms in total. The van der Waals surface area contributed by atoms with Gasteiger partial charge in [-0.2, -0.15) is 0 Å². The highest BCUT2D eigenvalue weighted by atomic mass is 19.1. The molecule has 6 heteroatoms. The Kier molecular flexibility index (Phi) is 4.02. The van der Waals surface area contributed by atoms with Crippen LogP contribution in [0.15, 0.2) is 97.3 Å². The second kappa shape index (κ2) is 7.22. The third kappa shape index (κ3) is 2.82. The third-order valence-corrected chi connectivity index (χ3v) is 6.34. The lowest BCUT2D eigenvalue weighted by atomic mass is 9.81. The minimum absolute atomic E-state index is 0.146. The maximum atomic E-state index is 13.5. The molecule has 0 aliphatic carbocycles. The summed E-state index contributed by atoms with van der Waals surface area (Å²) in [6.45, 7) is 0. The van der Waals surface area contributed by atoms with Gasteiger partial charge >= 0.3 is 0 Å². The van der Waals surface area contributed by atoms with E-state index in [9.17, 15) is 4.39 Å². The molecule has 2 aromatic heterocycles. The molecule has 0 bridgehead atoms. The highest BCUT2D eigenvalue weighted by Crippen LogP contribution is 2.50. The number of nitrogens with zero attached hydrogens (tertiary/aromatic N) is 4. The molecule has 0 spiro atoms. The van der Waals surface area contributed by atoms with E-state index in [0.717, 1.165) is 38.8 Å². The van der Waals surface area contributed by atoms with Gasteiger partial charge in [0.2, 0.25) is 5.88 Å². The monoisotopic (exact) mass is 444 g/mol. The molecule has 0 amide bonds. The molecule has 6 aromatic rings. The molecule has 0 N–H and O–H groups in total. The van der Waals surface area contributed by atoms with Gasteiger partial charge in [0.25, 0.3) is 0 Å². The lowest BCUT2D eigenvalue weighted by molar-refractivity contribution is 0.433. The quantitative estimate of drug-likeness (QED) is 0.311. The summed E-state index contributed by atoms with van der Waals surface area (Å²) in [5, 5.41) is 6.90. The minimum atomic E-state index is -0.299. The third-order valence-electron chi connectivity index (χ3n) is 6.34. The van der Waals surface area contributed by atoms with Crippen molar-refractivity contribution in [3.8, 4) is 23.0 Å². The fraction of sp³-hybridized carbons (Fsp3) is 0.0357. The predicted octanol–water partition coefficient (Wildman–Crippen LogP) is 6.37. The first-order valence-electron chi connectivity index (χ1n) is 11.0. The Hall–Kier alpha value is -4.58. The Balaban J connectivity index is 1.53. The zero-order chi connectivity index (χ0) is 22.6. The van der Waals surface area contributed by atoms with Crippen molar-refractivity contribution < 1.29 is 9.13 Å². The predicted molar refractivity (Wildman–Crippen MR) is 128 cm³/mol. The number of rotatable bonds is 2. The topological polar surface area (TPSA) is 52.3 Å². The van der Waals surface area contributed by atoms with Crippen molar-refractivity contribution in [2.24, 2.45) is 0 Å². The van der Waals surface area contributed by atoms with Gasteiger partial charge in [-0.15, -0.1) is 5.10 Å². The molecule has 0 unspecified atom stereocenters. The van der Waals surface area contributed by atoms with Crippen LogP contribution < -0.4 is 4.74 Å². The Bertz CT molecular complexity index is 1690. The Morgan fingerprint density at radius 3 is 2.44 bits per heavy atom. The van der Waals surface area contributed by atoms with Crippen molar-refractivity contribution in [1.82, 2.24) is 19.6 Å². The first-order chi connectivity index (χ1) is 16.8. The highest BCUT2D eigenvalue weighted by molar-refractivity contribution is 5.90. The van der Waals surface area contributed by atoms with Crippen molar-refractivity contribution >= 4 is 16.4 Å². The van der Waals surface area contributed by atoms with Crippen LogP contribution in [0.25, 0.3) is 27.8 Å². The van der Waals surface area contributed by atoms with Crippen molar-refractivity contribution in [2.75, 3.05) is 0 Å². The van der Waals surface area contributed by atoms with Crippen LogP contribution in [-0.2, 0) is 0 Å². The second-order valence-corrected chi connectivity index (χ2v) is 8.32. The smallest absolute Gasteiger partial charge is 0.228 e. The van der Waals surface area contributed by atoms with Crippen LogP contribution in [0.4, 0.5) is 4.39 Å². The lowest BCUT2D eigenvalue weighted by Gasteiger charge is -2.29. The SMILES string of the molecule is Fc1ccc(-c2nc3c4c(ncn3n2)Oc2ccc3ccccc3c2[C@H]4c2ccccc2)cc1. The van der Waals surface area contributed by atoms with Crippen LogP contribution in [0.3, 0.4) is 0 Å². The van der Waals surface area contributed by atoms with Crippen molar-refractivity contribution in [3.05, 3.63) is 120 Å². The lowest BCUT2D eigenvalue weighted by Crippen LogP contribution is -2.15. The average Bonchev–Trinajstić information content (AvgIpc) is 3.33. The number of halogens is 1. The molecule has 7 rings (SSSR count). The highest BCUT2D eigenvalue weighted by Gasteiger charge is 2.34. The van der Waals surface area contributed by atoms with Crippen LogP contribution in [0.2, 0.25) is 0 Å².